The highest BCUT2D eigenvalue weighted by molar-refractivity contribution is 5.77. The van der Waals surface area contributed by atoms with Crippen LogP contribution in [0.4, 0.5) is 17.6 Å². The van der Waals surface area contributed by atoms with E-state index in [4.69, 9.17) is 10.2 Å². The Bertz CT molecular complexity index is 358. The molecule has 96 valence electrons. The minimum absolute atomic E-state index is 0.675. The lowest BCUT2D eigenvalue weighted by molar-refractivity contribution is -0.355. The van der Waals surface area contributed by atoms with E-state index >= 15 is 0 Å². The van der Waals surface area contributed by atoms with Crippen molar-refractivity contribution < 1.29 is 37.4 Å². The van der Waals surface area contributed by atoms with E-state index in [9.17, 15) is 27.2 Å². The van der Waals surface area contributed by atoms with E-state index in [1.807, 2.05) is 0 Å². The topological polar surface area (TPSA) is 74.6 Å². The van der Waals surface area contributed by atoms with Crippen molar-refractivity contribution in [1.82, 2.24) is 0 Å². The molecule has 2 saturated carbocycles. The number of alkyl halides is 4. The van der Waals surface area contributed by atoms with Gasteiger partial charge in [-0.05, 0) is 6.42 Å². The van der Waals surface area contributed by atoms with E-state index in [-0.39, 0.29) is 0 Å². The van der Waals surface area contributed by atoms with Crippen LogP contribution in [0.15, 0.2) is 0 Å². The highest BCUT2D eigenvalue weighted by Crippen LogP contribution is 2.69. The van der Waals surface area contributed by atoms with Crippen LogP contribution in [0.5, 0.6) is 0 Å². The van der Waals surface area contributed by atoms with Crippen molar-refractivity contribution in [1.29, 1.82) is 0 Å². The number of halogens is 4. The van der Waals surface area contributed by atoms with Gasteiger partial charge in [0.2, 0.25) is 0 Å². The Labute approximate surface area is 92.2 Å². The molecular weight excluding hydrogens is 248 g/mol. The fourth-order valence-electron chi connectivity index (χ4n) is 2.88. The molecule has 0 spiro atoms. The smallest absolute Gasteiger partial charge is 0.314 e. The van der Waals surface area contributed by atoms with Gasteiger partial charge in [0, 0.05) is 0 Å². The second-order valence-electron chi connectivity index (χ2n) is 4.42. The molecule has 0 amide bonds. The van der Waals surface area contributed by atoms with Crippen LogP contribution in [0.1, 0.15) is 6.42 Å². The van der Waals surface area contributed by atoms with Gasteiger partial charge in [-0.3, -0.25) is 9.59 Å². The van der Waals surface area contributed by atoms with E-state index < -0.39 is 53.9 Å². The third-order valence-electron chi connectivity index (χ3n) is 3.68. The summed E-state index contributed by atoms with van der Waals surface area (Å²) < 4.78 is 52.4. The van der Waals surface area contributed by atoms with Gasteiger partial charge in [0.1, 0.15) is 0 Å². The predicted octanol–water partition coefficient (Wildman–Crippen LogP) is 1.31. The first kappa shape index (κ1) is 12.1. The number of carboxylic acids is 2. The minimum atomic E-state index is -4.44. The number of hydrogen-bond donors (Lipinski definition) is 2. The van der Waals surface area contributed by atoms with Gasteiger partial charge in [-0.2, -0.15) is 17.6 Å². The average Bonchev–Trinajstić information content (AvgIpc) is 2.56. The highest BCUT2D eigenvalue weighted by Gasteiger charge is 2.85. The summed E-state index contributed by atoms with van der Waals surface area (Å²) in [5.74, 6) is -19.8. The molecule has 0 aromatic carbocycles. The zero-order valence-electron chi connectivity index (χ0n) is 8.24. The first-order valence-electron chi connectivity index (χ1n) is 4.83. The van der Waals surface area contributed by atoms with Gasteiger partial charge in [0.05, 0.1) is 23.7 Å². The Hall–Kier alpha value is -1.34. The van der Waals surface area contributed by atoms with Gasteiger partial charge in [-0.1, -0.05) is 0 Å². The first-order valence-corrected chi connectivity index (χ1v) is 4.83. The molecule has 0 saturated heterocycles. The van der Waals surface area contributed by atoms with Crippen LogP contribution in [0.2, 0.25) is 0 Å². The van der Waals surface area contributed by atoms with Gasteiger partial charge in [0.15, 0.2) is 0 Å². The summed E-state index contributed by atoms with van der Waals surface area (Å²) in [5.41, 5.74) is 0. The van der Waals surface area contributed by atoms with E-state index in [0.29, 0.717) is 0 Å². The van der Waals surface area contributed by atoms with Gasteiger partial charge >= 0.3 is 23.8 Å². The number of carbonyl (C=O) groups is 2. The Morgan fingerprint density at radius 2 is 1.18 bits per heavy atom. The van der Waals surface area contributed by atoms with Crippen molar-refractivity contribution in [3.63, 3.8) is 0 Å². The molecule has 0 bridgehead atoms. The number of fused-ring (bicyclic) bond motifs is 1. The molecule has 0 aliphatic heterocycles. The molecule has 4 atom stereocenters. The van der Waals surface area contributed by atoms with E-state index in [0.717, 1.165) is 0 Å². The normalized spacial score (nSPS) is 41.4. The van der Waals surface area contributed by atoms with Crippen LogP contribution < -0.4 is 0 Å². The van der Waals surface area contributed by atoms with E-state index in [2.05, 4.69) is 0 Å². The third kappa shape index (κ3) is 1.23. The molecule has 2 N–H and O–H groups in total. The van der Waals surface area contributed by atoms with E-state index in [1.54, 1.807) is 0 Å². The quantitative estimate of drug-likeness (QED) is 0.730. The molecule has 2 aliphatic rings. The maximum atomic E-state index is 13.1. The van der Waals surface area contributed by atoms with Gasteiger partial charge in [0.25, 0.3) is 0 Å². The number of aliphatic carboxylic acids is 2. The Morgan fingerprint density at radius 1 is 0.882 bits per heavy atom. The zero-order chi connectivity index (χ0) is 13.2. The van der Waals surface area contributed by atoms with Crippen LogP contribution in [0.25, 0.3) is 0 Å². The van der Waals surface area contributed by atoms with Crippen molar-refractivity contribution in [2.75, 3.05) is 0 Å². The van der Waals surface area contributed by atoms with Crippen LogP contribution in [-0.2, 0) is 9.59 Å². The molecule has 0 aromatic heterocycles. The molecule has 17 heavy (non-hydrogen) atoms. The summed E-state index contributed by atoms with van der Waals surface area (Å²) in [6.45, 7) is 0. The Kier molecular flexibility index (Phi) is 2.22. The molecule has 0 aromatic rings. The maximum absolute atomic E-state index is 13.1. The molecule has 2 fully saturated rings. The van der Waals surface area contributed by atoms with Gasteiger partial charge < -0.3 is 10.2 Å². The lowest BCUT2D eigenvalue weighted by atomic mass is 9.63. The van der Waals surface area contributed by atoms with Gasteiger partial charge in [-0.15, -0.1) is 0 Å². The third-order valence-corrected chi connectivity index (χ3v) is 3.68. The second-order valence-corrected chi connectivity index (χ2v) is 4.42. The van der Waals surface area contributed by atoms with Crippen molar-refractivity contribution in [3.05, 3.63) is 0 Å². The first-order chi connectivity index (χ1) is 7.62. The largest absolute Gasteiger partial charge is 0.481 e. The standard InChI is InChI=1S/C9H8F4O4/c10-8(11)4-2(6(14)15)1-3(7(16)17)5(4)9(8,12)13/h2-5H,1H2,(H,14,15)(H,16,17). The van der Waals surface area contributed by atoms with E-state index in [1.165, 1.54) is 0 Å². The summed E-state index contributed by atoms with van der Waals surface area (Å²) in [4.78, 5) is 21.4. The van der Waals surface area contributed by atoms with Crippen LogP contribution in [-0.4, -0.2) is 34.0 Å². The maximum Gasteiger partial charge on any atom is 0.314 e. The van der Waals surface area contributed by atoms with Crippen LogP contribution in [0.3, 0.4) is 0 Å². The molecular formula is C9H8F4O4. The predicted molar refractivity (Wildman–Crippen MR) is 43.7 cm³/mol. The van der Waals surface area contributed by atoms with Gasteiger partial charge in [-0.25, -0.2) is 0 Å². The fourth-order valence-corrected chi connectivity index (χ4v) is 2.88. The van der Waals surface area contributed by atoms with Crippen molar-refractivity contribution in [3.8, 4) is 0 Å². The van der Waals surface area contributed by atoms with Crippen molar-refractivity contribution in [2.45, 2.75) is 18.3 Å². The minimum Gasteiger partial charge on any atom is -0.481 e. The second kappa shape index (κ2) is 3.11. The molecule has 4 unspecified atom stereocenters. The molecule has 2 rings (SSSR count). The summed E-state index contributed by atoms with van der Waals surface area (Å²) >= 11 is 0. The lowest BCUT2D eigenvalue weighted by Gasteiger charge is -2.49. The fraction of sp³-hybridized carbons (Fsp3) is 0.778. The molecule has 4 nitrogen and oxygen atoms in total. The summed E-state index contributed by atoms with van der Waals surface area (Å²) in [7, 11) is 0. The SMILES string of the molecule is O=C(O)C1CC(C(=O)O)C2C1C(F)(F)C2(F)F. The highest BCUT2D eigenvalue weighted by atomic mass is 19.3. The zero-order valence-corrected chi connectivity index (χ0v) is 8.24. The summed E-state index contributed by atoms with van der Waals surface area (Å²) in [6, 6.07) is 0. The molecule has 8 heteroatoms. The number of rotatable bonds is 2. The monoisotopic (exact) mass is 256 g/mol. The van der Waals surface area contributed by atoms with Crippen molar-refractivity contribution >= 4 is 11.9 Å². The lowest BCUT2D eigenvalue weighted by Crippen LogP contribution is -2.68. The number of hydrogen-bond acceptors (Lipinski definition) is 2. The average molecular weight is 256 g/mol. The Morgan fingerprint density at radius 3 is 1.41 bits per heavy atom. The number of carboxylic acid groups (broad SMARTS) is 2. The molecule has 2 aliphatic carbocycles. The van der Waals surface area contributed by atoms with Crippen LogP contribution in [0, 0.1) is 23.7 Å². The van der Waals surface area contributed by atoms with Crippen LogP contribution >= 0.6 is 0 Å². The molecule has 0 radical (unpaired) electrons. The molecule has 0 heterocycles. The summed E-state index contributed by atoms with van der Waals surface area (Å²) in [5, 5.41) is 17.3. The summed E-state index contributed by atoms with van der Waals surface area (Å²) in [6.07, 6.45) is -0.675. The Balaban J connectivity index is 2.39. The van der Waals surface area contributed by atoms with Crippen molar-refractivity contribution in [2.24, 2.45) is 23.7 Å².